The fraction of sp³-hybridized carbons (Fsp3) is 0.375. The monoisotopic (exact) mass is 170 g/mol. The lowest BCUT2D eigenvalue weighted by Gasteiger charge is -1.99. The molecule has 0 aromatic carbocycles. The number of esters is 1. The van der Waals surface area contributed by atoms with Crippen molar-refractivity contribution in [2.45, 2.75) is 20.3 Å². The van der Waals surface area contributed by atoms with Gasteiger partial charge in [-0.05, 0) is 18.4 Å². The van der Waals surface area contributed by atoms with Crippen LogP contribution in [0.2, 0.25) is 0 Å². The molecule has 1 rings (SSSR count). The lowest BCUT2D eigenvalue weighted by molar-refractivity contribution is -0.134. The maximum atomic E-state index is 10.8. The highest BCUT2D eigenvalue weighted by Gasteiger charge is 2.04. The molecule has 0 unspecified atom stereocenters. The van der Waals surface area contributed by atoms with Gasteiger partial charge in [-0.2, -0.15) is 0 Å². The van der Waals surface area contributed by atoms with E-state index in [1.807, 2.05) is 18.4 Å². The Morgan fingerprint density at radius 2 is 2.45 bits per heavy atom. The first kappa shape index (κ1) is 8.27. The predicted octanol–water partition coefficient (Wildman–Crippen LogP) is 2.37. The van der Waals surface area contributed by atoms with Crippen LogP contribution >= 0.6 is 11.3 Å². The Bertz CT molecular complexity index is 252. The number of rotatable bonds is 2. The summed E-state index contributed by atoms with van der Waals surface area (Å²) < 4.78 is 5.01. The molecule has 0 saturated heterocycles. The topological polar surface area (TPSA) is 26.3 Å². The van der Waals surface area contributed by atoms with Gasteiger partial charge in [-0.3, -0.25) is 4.79 Å². The van der Waals surface area contributed by atoms with E-state index in [4.69, 9.17) is 4.74 Å². The van der Waals surface area contributed by atoms with E-state index in [1.165, 1.54) is 0 Å². The SMILES string of the molecule is CCC(=O)Oc1ccsc1C. The second-order valence-corrected chi connectivity index (χ2v) is 3.29. The van der Waals surface area contributed by atoms with Crippen LogP contribution in [0.25, 0.3) is 0 Å². The number of hydrogen-bond acceptors (Lipinski definition) is 3. The zero-order valence-corrected chi connectivity index (χ0v) is 7.40. The molecule has 1 heterocycles. The first-order chi connectivity index (χ1) is 5.24. The zero-order chi connectivity index (χ0) is 8.27. The highest BCUT2D eigenvalue weighted by molar-refractivity contribution is 7.10. The van der Waals surface area contributed by atoms with Crippen LogP contribution in [-0.2, 0) is 4.79 Å². The van der Waals surface area contributed by atoms with Crippen molar-refractivity contribution in [1.82, 2.24) is 0 Å². The summed E-state index contributed by atoms with van der Waals surface area (Å²) in [5.74, 6) is 0.522. The first-order valence-electron chi connectivity index (χ1n) is 3.48. The molecule has 0 saturated carbocycles. The Labute approximate surface area is 69.8 Å². The summed E-state index contributed by atoms with van der Waals surface area (Å²) in [6.45, 7) is 3.72. The lowest BCUT2D eigenvalue weighted by Crippen LogP contribution is -2.05. The second kappa shape index (κ2) is 3.53. The minimum absolute atomic E-state index is 0.175. The van der Waals surface area contributed by atoms with Gasteiger partial charge in [0.2, 0.25) is 0 Å². The van der Waals surface area contributed by atoms with E-state index >= 15 is 0 Å². The van der Waals surface area contributed by atoms with Crippen LogP contribution < -0.4 is 4.74 Å². The summed E-state index contributed by atoms with van der Waals surface area (Å²) in [4.78, 5) is 11.9. The average molecular weight is 170 g/mol. The van der Waals surface area contributed by atoms with Crippen LogP contribution in [0.4, 0.5) is 0 Å². The van der Waals surface area contributed by atoms with E-state index in [9.17, 15) is 4.79 Å². The molecule has 0 atom stereocenters. The van der Waals surface area contributed by atoms with Gasteiger partial charge in [0.25, 0.3) is 0 Å². The molecule has 1 aromatic rings. The maximum absolute atomic E-state index is 10.8. The van der Waals surface area contributed by atoms with Crippen molar-refractivity contribution < 1.29 is 9.53 Å². The quantitative estimate of drug-likeness (QED) is 0.637. The van der Waals surface area contributed by atoms with Crippen molar-refractivity contribution in [1.29, 1.82) is 0 Å². The third-order valence-corrected chi connectivity index (χ3v) is 2.15. The van der Waals surface area contributed by atoms with Gasteiger partial charge >= 0.3 is 5.97 Å². The van der Waals surface area contributed by atoms with Gasteiger partial charge in [-0.15, -0.1) is 11.3 Å². The van der Waals surface area contributed by atoms with Crippen LogP contribution in [0.1, 0.15) is 18.2 Å². The summed E-state index contributed by atoms with van der Waals surface area (Å²) in [5.41, 5.74) is 0. The molecule has 0 spiro atoms. The first-order valence-corrected chi connectivity index (χ1v) is 4.36. The Morgan fingerprint density at radius 3 is 2.91 bits per heavy atom. The van der Waals surface area contributed by atoms with E-state index < -0.39 is 0 Å². The summed E-state index contributed by atoms with van der Waals surface area (Å²) in [6, 6.07) is 1.81. The van der Waals surface area contributed by atoms with Gasteiger partial charge in [0.1, 0.15) is 5.75 Å². The molecule has 0 N–H and O–H groups in total. The molecule has 0 aliphatic carbocycles. The number of carbonyl (C=O) groups excluding carboxylic acids is 1. The Hall–Kier alpha value is -0.830. The summed E-state index contributed by atoms with van der Waals surface area (Å²) in [5, 5.41) is 1.91. The van der Waals surface area contributed by atoms with E-state index in [-0.39, 0.29) is 5.97 Å². The molecule has 0 bridgehead atoms. The molecule has 0 fully saturated rings. The van der Waals surface area contributed by atoms with Crippen molar-refractivity contribution in [3.8, 4) is 5.75 Å². The fourth-order valence-corrected chi connectivity index (χ4v) is 1.30. The molecule has 11 heavy (non-hydrogen) atoms. The highest BCUT2D eigenvalue weighted by Crippen LogP contribution is 2.23. The van der Waals surface area contributed by atoms with E-state index in [1.54, 1.807) is 18.3 Å². The van der Waals surface area contributed by atoms with E-state index in [2.05, 4.69) is 0 Å². The van der Waals surface area contributed by atoms with Gasteiger partial charge < -0.3 is 4.74 Å². The van der Waals surface area contributed by atoms with Crippen molar-refractivity contribution in [2.75, 3.05) is 0 Å². The Balaban J connectivity index is 2.64. The van der Waals surface area contributed by atoms with Crippen LogP contribution in [0, 0.1) is 6.92 Å². The lowest BCUT2D eigenvalue weighted by atomic mass is 10.4. The van der Waals surface area contributed by atoms with Gasteiger partial charge in [0.05, 0.1) is 0 Å². The molecular formula is C8H10O2S. The zero-order valence-electron chi connectivity index (χ0n) is 6.59. The van der Waals surface area contributed by atoms with Crippen LogP contribution in [0.3, 0.4) is 0 Å². The number of aryl methyl sites for hydroxylation is 1. The molecule has 1 aromatic heterocycles. The highest BCUT2D eigenvalue weighted by atomic mass is 32.1. The molecule has 60 valence electrons. The molecule has 0 aliphatic heterocycles. The number of hydrogen-bond donors (Lipinski definition) is 0. The molecule has 0 amide bonds. The summed E-state index contributed by atoms with van der Waals surface area (Å²) in [6.07, 6.45) is 0.426. The minimum atomic E-state index is -0.175. The Kier molecular flexibility index (Phi) is 2.65. The van der Waals surface area contributed by atoms with E-state index in [0.29, 0.717) is 12.2 Å². The van der Waals surface area contributed by atoms with Gasteiger partial charge in [-0.25, -0.2) is 0 Å². The van der Waals surface area contributed by atoms with Crippen LogP contribution in [-0.4, -0.2) is 5.97 Å². The third-order valence-electron chi connectivity index (χ3n) is 1.32. The predicted molar refractivity (Wildman–Crippen MR) is 45.0 cm³/mol. The van der Waals surface area contributed by atoms with Crippen molar-refractivity contribution in [2.24, 2.45) is 0 Å². The van der Waals surface area contributed by atoms with Crippen LogP contribution in [0.5, 0.6) is 5.75 Å². The van der Waals surface area contributed by atoms with Crippen molar-refractivity contribution >= 4 is 17.3 Å². The van der Waals surface area contributed by atoms with Gasteiger partial charge in [0.15, 0.2) is 0 Å². The van der Waals surface area contributed by atoms with Crippen molar-refractivity contribution in [3.05, 3.63) is 16.3 Å². The Morgan fingerprint density at radius 1 is 1.73 bits per heavy atom. The van der Waals surface area contributed by atoms with Crippen molar-refractivity contribution in [3.63, 3.8) is 0 Å². The second-order valence-electron chi connectivity index (χ2n) is 2.17. The minimum Gasteiger partial charge on any atom is -0.425 e. The molecule has 3 heteroatoms. The van der Waals surface area contributed by atoms with Gasteiger partial charge in [0, 0.05) is 11.3 Å². The average Bonchev–Trinajstić information content (AvgIpc) is 2.37. The fourth-order valence-electron chi connectivity index (χ4n) is 0.674. The normalized spacial score (nSPS) is 9.64. The number of carbonyl (C=O) groups is 1. The third kappa shape index (κ3) is 2.05. The van der Waals surface area contributed by atoms with Gasteiger partial charge in [-0.1, -0.05) is 6.92 Å². The smallest absolute Gasteiger partial charge is 0.310 e. The van der Waals surface area contributed by atoms with E-state index in [0.717, 1.165) is 4.88 Å². The molecule has 2 nitrogen and oxygen atoms in total. The molecule has 0 aliphatic rings. The summed E-state index contributed by atoms with van der Waals surface area (Å²) in [7, 11) is 0. The number of thiophene rings is 1. The largest absolute Gasteiger partial charge is 0.425 e. The standard InChI is InChI=1S/C8H10O2S/c1-3-8(9)10-7-4-5-11-6(7)2/h4-5H,3H2,1-2H3. The summed E-state index contributed by atoms with van der Waals surface area (Å²) >= 11 is 1.58. The van der Waals surface area contributed by atoms with Crippen LogP contribution in [0.15, 0.2) is 11.4 Å². The molecule has 0 radical (unpaired) electrons. The molecular weight excluding hydrogens is 160 g/mol. The maximum Gasteiger partial charge on any atom is 0.310 e. The number of ether oxygens (including phenoxy) is 1.